The van der Waals surface area contributed by atoms with Crippen molar-refractivity contribution < 1.29 is 9.21 Å². The maximum absolute atomic E-state index is 12.5. The Morgan fingerprint density at radius 3 is 2.65 bits per heavy atom. The first-order valence-corrected chi connectivity index (χ1v) is 6.41. The molecular formula is C16H14N2O2. The van der Waals surface area contributed by atoms with Crippen molar-refractivity contribution in [2.75, 3.05) is 0 Å². The smallest absolute Gasteiger partial charge is 0.230 e. The molecule has 2 heterocycles. The number of hydrogen-bond acceptors (Lipinski definition) is 4. The van der Waals surface area contributed by atoms with Crippen LogP contribution in [0.5, 0.6) is 0 Å². The van der Waals surface area contributed by atoms with Gasteiger partial charge in [-0.2, -0.15) is 10.2 Å². The third-order valence-corrected chi connectivity index (χ3v) is 3.31. The monoisotopic (exact) mass is 266 g/mol. The van der Waals surface area contributed by atoms with Crippen LogP contribution in [0.2, 0.25) is 0 Å². The molecule has 0 aliphatic carbocycles. The van der Waals surface area contributed by atoms with Crippen molar-refractivity contribution >= 4 is 16.8 Å². The Labute approximate surface area is 116 Å². The van der Waals surface area contributed by atoms with Gasteiger partial charge in [0, 0.05) is 5.39 Å². The molecule has 0 saturated carbocycles. The lowest BCUT2D eigenvalue weighted by Gasteiger charge is -2.01. The molecule has 4 nitrogen and oxygen atoms in total. The topological polar surface area (TPSA) is 56.0 Å². The van der Waals surface area contributed by atoms with E-state index in [9.17, 15) is 4.79 Å². The van der Waals surface area contributed by atoms with Crippen LogP contribution in [0.25, 0.3) is 11.0 Å². The van der Waals surface area contributed by atoms with E-state index in [0.717, 1.165) is 16.5 Å². The first-order chi connectivity index (χ1) is 9.56. The lowest BCUT2D eigenvalue weighted by atomic mass is 10.1. The molecule has 2 aromatic heterocycles. The fourth-order valence-electron chi connectivity index (χ4n) is 2.23. The molecule has 0 N–H and O–H groups in total. The van der Waals surface area contributed by atoms with Crippen LogP contribution in [0.3, 0.4) is 0 Å². The SMILES string of the molecule is Cc1cc(C(=O)c2cc3cccc(C)c3o2)c(C)nn1. The average molecular weight is 266 g/mol. The van der Waals surface area contributed by atoms with Crippen molar-refractivity contribution in [3.63, 3.8) is 0 Å². The number of ketones is 1. The quantitative estimate of drug-likeness (QED) is 0.667. The number of aromatic nitrogens is 2. The fraction of sp³-hybridized carbons (Fsp3) is 0.188. The number of fused-ring (bicyclic) bond motifs is 1. The molecule has 0 amide bonds. The van der Waals surface area contributed by atoms with E-state index in [2.05, 4.69) is 10.2 Å². The largest absolute Gasteiger partial charge is 0.452 e. The Morgan fingerprint density at radius 1 is 1.10 bits per heavy atom. The van der Waals surface area contributed by atoms with Crippen LogP contribution in [0.1, 0.15) is 33.1 Å². The van der Waals surface area contributed by atoms with Crippen molar-refractivity contribution in [2.24, 2.45) is 0 Å². The van der Waals surface area contributed by atoms with Gasteiger partial charge in [-0.1, -0.05) is 18.2 Å². The number of aryl methyl sites for hydroxylation is 3. The number of rotatable bonds is 2. The number of benzene rings is 1. The van der Waals surface area contributed by atoms with Gasteiger partial charge in [0.1, 0.15) is 5.58 Å². The molecule has 0 atom stereocenters. The van der Waals surface area contributed by atoms with Crippen molar-refractivity contribution in [3.05, 3.63) is 58.6 Å². The van der Waals surface area contributed by atoms with Crippen molar-refractivity contribution in [1.82, 2.24) is 10.2 Å². The van der Waals surface area contributed by atoms with Gasteiger partial charge in [-0.3, -0.25) is 4.79 Å². The van der Waals surface area contributed by atoms with Gasteiger partial charge >= 0.3 is 0 Å². The minimum absolute atomic E-state index is 0.156. The molecule has 0 aliphatic heterocycles. The summed E-state index contributed by atoms with van der Waals surface area (Å²) in [7, 11) is 0. The molecule has 1 aromatic carbocycles. The Hall–Kier alpha value is -2.49. The maximum atomic E-state index is 12.5. The number of carbonyl (C=O) groups excluding carboxylic acids is 1. The normalized spacial score (nSPS) is 10.9. The minimum Gasteiger partial charge on any atom is -0.452 e. The van der Waals surface area contributed by atoms with Crippen molar-refractivity contribution in [3.8, 4) is 0 Å². The zero-order valence-corrected chi connectivity index (χ0v) is 11.6. The fourth-order valence-corrected chi connectivity index (χ4v) is 2.23. The highest BCUT2D eigenvalue weighted by Crippen LogP contribution is 2.24. The molecule has 0 bridgehead atoms. The zero-order chi connectivity index (χ0) is 14.3. The summed E-state index contributed by atoms with van der Waals surface area (Å²) in [6, 6.07) is 9.37. The molecule has 0 radical (unpaired) electrons. The standard InChI is InChI=1S/C16H14N2O2/c1-9-5-4-6-12-8-14(20-16(9)12)15(19)13-7-10(2)17-18-11(13)3/h4-8H,1-3H3. The highest BCUT2D eigenvalue weighted by Gasteiger charge is 2.18. The van der Waals surface area contributed by atoms with Crippen LogP contribution < -0.4 is 0 Å². The van der Waals surface area contributed by atoms with Gasteiger partial charge in [-0.15, -0.1) is 0 Å². The average Bonchev–Trinajstić information content (AvgIpc) is 2.86. The summed E-state index contributed by atoms with van der Waals surface area (Å²) >= 11 is 0. The van der Waals surface area contributed by atoms with E-state index in [1.54, 1.807) is 19.1 Å². The van der Waals surface area contributed by atoms with E-state index in [4.69, 9.17) is 4.42 Å². The summed E-state index contributed by atoms with van der Waals surface area (Å²) in [4.78, 5) is 12.5. The van der Waals surface area contributed by atoms with E-state index in [0.29, 0.717) is 22.7 Å². The predicted molar refractivity (Wildman–Crippen MR) is 75.9 cm³/mol. The molecule has 0 unspecified atom stereocenters. The van der Waals surface area contributed by atoms with E-state index in [-0.39, 0.29) is 5.78 Å². The number of nitrogens with zero attached hydrogens (tertiary/aromatic N) is 2. The zero-order valence-electron chi connectivity index (χ0n) is 11.6. The van der Waals surface area contributed by atoms with E-state index >= 15 is 0 Å². The van der Waals surface area contributed by atoms with Gasteiger partial charge < -0.3 is 4.42 Å². The van der Waals surface area contributed by atoms with Crippen LogP contribution in [0, 0.1) is 20.8 Å². The second-order valence-corrected chi connectivity index (χ2v) is 4.92. The minimum atomic E-state index is -0.156. The predicted octanol–water partition coefficient (Wildman–Crippen LogP) is 3.38. The second kappa shape index (κ2) is 4.56. The lowest BCUT2D eigenvalue weighted by Crippen LogP contribution is -2.06. The summed E-state index contributed by atoms with van der Waals surface area (Å²) in [6.07, 6.45) is 0. The molecule has 0 spiro atoms. The number of furan rings is 1. The molecular weight excluding hydrogens is 252 g/mol. The van der Waals surface area contributed by atoms with Gasteiger partial charge in [-0.05, 0) is 38.5 Å². The van der Waals surface area contributed by atoms with Crippen LogP contribution in [0.4, 0.5) is 0 Å². The molecule has 20 heavy (non-hydrogen) atoms. The Morgan fingerprint density at radius 2 is 1.90 bits per heavy atom. The summed E-state index contributed by atoms with van der Waals surface area (Å²) in [6.45, 7) is 5.54. The number of para-hydroxylation sites is 1. The van der Waals surface area contributed by atoms with Gasteiger partial charge in [0.15, 0.2) is 5.76 Å². The van der Waals surface area contributed by atoms with Gasteiger partial charge in [0.25, 0.3) is 0 Å². The summed E-state index contributed by atoms with van der Waals surface area (Å²) in [5.74, 6) is 0.181. The van der Waals surface area contributed by atoms with Crippen LogP contribution >= 0.6 is 0 Å². The highest BCUT2D eigenvalue weighted by molar-refractivity contribution is 6.09. The maximum Gasteiger partial charge on any atom is 0.230 e. The molecule has 0 saturated heterocycles. The van der Waals surface area contributed by atoms with Crippen molar-refractivity contribution in [1.29, 1.82) is 0 Å². The Kier molecular flexibility index (Phi) is 2.86. The van der Waals surface area contributed by atoms with Gasteiger partial charge in [0.05, 0.1) is 17.0 Å². The first kappa shape index (κ1) is 12.5. The molecule has 0 aliphatic rings. The third-order valence-electron chi connectivity index (χ3n) is 3.31. The Bertz CT molecular complexity index is 818. The van der Waals surface area contributed by atoms with Gasteiger partial charge in [0.2, 0.25) is 5.78 Å². The Balaban J connectivity index is 2.13. The van der Waals surface area contributed by atoms with E-state index < -0.39 is 0 Å². The summed E-state index contributed by atoms with van der Waals surface area (Å²) in [5, 5.41) is 8.86. The van der Waals surface area contributed by atoms with Crippen LogP contribution in [-0.2, 0) is 0 Å². The third kappa shape index (κ3) is 1.99. The highest BCUT2D eigenvalue weighted by atomic mass is 16.3. The second-order valence-electron chi connectivity index (χ2n) is 4.92. The number of hydrogen-bond donors (Lipinski definition) is 0. The van der Waals surface area contributed by atoms with Crippen molar-refractivity contribution in [2.45, 2.75) is 20.8 Å². The number of carbonyl (C=O) groups is 1. The summed E-state index contributed by atoms with van der Waals surface area (Å²) < 4.78 is 5.71. The first-order valence-electron chi connectivity index (χ1n) is 6.41. The summed E-state index contributed by atoms with van der Waals surface area (Å²) in [5.41, 5.74) is 3.63. The van der Waals surface area contributed by atoms with Crippen LogP contribution in [0.15, 0.2) is 34.7 Å². The molecule has 4 heteroatoms. The lowest BCUT2D eigenvalue weighted by molar-refractivity contribution is 0.101. The van der Waals surface area contributed by atoms with E-state index in [1.165, 1.54) is 0 Å². The van der Waals surface area contributed by atoms with Crippen LogP contribution in [-0.4, -0.2) is 16.0 Å². The van der Waals surface area contributed by atoms with E-state index in [1.807, 2.05) is 32.0 Å². The molecule has 3 aromatic rings. The van der Waals surface area contributed by atoms with Gasteiger partial charge in [-0.25, -0.2) is 0 Å². The molecule has 100 valence electrons. The molecule has 3 rings (SSSR count). The molecule has 0 fully saturated rings.